The van der Waals surface area contributed by atoms with E-state index in [0.29, 0.717) is 0 Å². The zero-order valence-electron chi connectivity index (χ0n) is 24.1. The number of para-hydroxylation sites is 1. The van der Waals surface area contributed by atoms with Crippen molar-refractivity contribution in [1.82, 2.24) is 14.1 Å². The maximum Gasteiger partial charge on any atom is 0.145 e. The van der Waals surface area contributed by atoms with E-state index in [2.05, 4.69) is 151 Å². The lowest BCUT2D eigenvalue weighted by molar-refractivity contribution is 0.827. The fourth-order valence-corrected chi connectivity index (χ4v) is 6.87. The average Bonchev–Trinajstić information content (AvgIpc) is 3.57. The third-order valence-corrected chi connectivity index (χ3v) is 8.72. The Morgan fingerprint density at radius 3 is 2.00 bits per heavy atom. The molecule has 0 spiro atoms. The first-order valence-corrected chi connectivity index (χ1v) is 14.7. The second kappa shape index (κ2) is 9.46. The summed E-state index contributed by atoms with van der Waals surface area (Å²) < 4.78 is 4.79. The molecule has 3 heteroatoms. The highest BCUT2D eigenvalue weighted by molar-refractivity contribution is 6.10. The number of aryl methyl sites for hydroxylation is 3. The molecule has 8 aromatic rings. The van der Waals surface area contributed by atoms with E-state index < -0.39 is 0 Å². The summed E-state index contributed by atoms with van der Waals surface area (Å²) in [5.74, 6) is 0.968. The molecule has 3 nitrogen and oxygen atoms in total. The molecule has 0 aliphatic rings. The standard InChI is InChI=1S/C39H31N3/c1-4-41-34-17-11-10-16-32(34)33-24-29(19-20-35(33)41)39-40-37-31-15-9-8-14-28(31)18-21-36(37)42(39)38-25(2)22-30(23-26(38)3)27-12-6-5-7-13-27/h5-24H,4H2,1-3H3. The lowest BCUT2D eigenvalue weighted by Crippen LogP contribution is -2.03. The third-order valence-electron chi connectivity index (χ3n) is 8.72. The van der Waals surface area contributed by atoms with Crippen LogP contribution in [0.5, 0.6) is 0 Å². The van der Waals surface area contributed by atoms with E-state index in [1.54, 1.807) is 0 Å². The highest BCUT2D eigenvalue weighted by Crippen LogP contribution is 2.38. The first-order chi connectivity index (χ1) is 20.6. The quantitative estimate of drug-likeness (QED) is 0.217. The Labute approximate surface area is 245 Å². The van der Waals surface area contributed by atoms with Crippen molar-refractivity contribution < 1.29 is 0 Å². The van der Waals surface area contributed by atoms with Crippen LogP contribution >= 0.6 is 0 Å². The van der Waals surface area contributed by atoms with Crippen molar-refractivity contribution in [3.63, 3.8) is 0 Å². The van der Waals surface area contributed by atoms with Gasteiger partial charge in [-0.25, -0.2) is 4.98 Å². The molecular weight excluding hydrogens is 510 g/mol. The van der Waals surface area contributed by atoms with E-state index in [9.17, 15) is 0 Å². The minimum atomic E-state index is 0.931. The van der Waals surface area contributed by atoms with Gasteiger partial charge in [0.15, 0.2) is 0 Å². The van der Waals surface area contributed by atoms with Crippen LogP contribution in [0.15, 0.2) is 121 Å². The van der Waals surface area contributed by atoms with Crippen molar-refractivity contribution in [1.29, 1.82) is 0 Å². The van der Waals surface area contributed by atoms with Gasteiger partial charge in [-0.2, -0.15) is 0 Å². The zero-order chi connectivity index (χ0) is 28.4. The summed E-state index contributed by atoms with van der Waals surface area (Å²) in [4.78, 5) is 5.42. The predicted molar refractivity (Wildman–Crippen MR) is 178 cm³/mol. The molecule has 0 saturated carbocycles. The highest BCUT2D eigenvalue weighted by Gasteiger charge is 2.21. The Hall–Kier alpha value is -5.15. The Morgan fingerprint density at radius 1 is 0.548 bits per heavy atom. The molecule has 0 N–H and O–H groups in total. The lowest BCUT2D eigenvalue weighted by Gasteiger charge is -2.17. The maximum atomic E-state index is 5.42. The third kappa shape index (κ3) is 3.63. The first-order valence-electron chi connectivity index (χ1n) is 14.7. The van der Waals surface area contributed by atoms with Gasteiger partial charge in [-0.15, -0.1) is 0 Å². The van der Waals surface area contributed by atoms with Gasteiger partial charge >= 0.3 is 0 Å². The van der Waals surface area contributed by atoms with E-state index in [4.69, 9.17) is 4.98 Å². The van der Waals surface area contributed by atoms with Gasteiger partial charge in [0.2, 0.25) is 0 Å². The number of hydrogen-bond acceptors (Lipinski definition) is 1. The topological polar surface area (TPSA) is 22.8 Å². The molecule has 0 aliphatic carbocycles. The van der Waals surface area contributed by atoms with Crippen molar-refractivity contribution in [2.24, 2.45) is 0 Å². The molecule has 2 heterocycles. The van der Waals surface area contributed by atoms with Crippen molar-refractivity contribution in [3.05, 3.63) is 132 Å². The van der Waals surface area contributed by atoms with Gasteiger partial charge in [-0.05, 0) is 90.9 Å². The molecule has 6 aromatic carbocycles. The molecule has 0 bridgehead atoms. The van der Waals surface area contributed by atoms with Crippen LogP contribution in [-0.2, 0) is 6.54 Å². The highest BCUT2D eigenvalue weighted by atomic mass is 15.1. The number of rotatable bonds is 4. The molecule has 0 radical (unpaired) electrons. The van der Waals surface area contributed by atoms with E-state index in [0.717, 1.165) is 29.0 Å². The number of hydrogen-bond donors (Lipinski definition) is 0. The first kappa shape index (κ1) is 24.6. The summed E-state index contributed by atoms with van der Waals surface area (Å²) in [6.07, 6.45) is 0. The van der Waals surface area contributed by atoms with E-state index >= 15 is 0 Å². The Balaban J connectivity index is 1.44. The van der Waals surface area contributed by atoms with Gasteiger partial charge in [0.05, 0.1) is 16.7 Å². The van der Waals surface area contributed by atoms with E-state index in [1.165, 1.54) is 60.5 Å². The van der Waals surface area contributed by atoms with Gasteiger partial charge in [0.25, 0.3) is 0 Å². The molecule has 0 unspecified atom stereocenters. The summed E-state index contributed by atoms with van der Waals surface area (Å²) in [5, 5.41) is 4.93. The van der Waals surface area contributed by atoms with Gasteiger partial charge in [-0.3, -0.25) is 4.57 Å². The fraction of sp³-hybridized carbons (Fsp3) is 0.103. The molecule has 0 atom stereocenters. The van der Waals surface area contributed by atoms with Crippen LogP contribution in [0, 0.1) is 13.8 Å². The molecule has 8 rings (SSSR count). The van der Waals surface area contributed by atoms with Gasteiger partial charge < -0.3 is 4.57 Å². The second-order valence-electron chi connectivity index (χ2n) is 11.2. The van der Waals surface area contributed by atoms with Crippen LogP contribution < -0.4 is 0 Å². The summed E-state index contributed by atoms with van der Waals surface area (Å²) in [6, 6.07) is 43.9. The number of benzene rings is 6. The number of nitrogens with zero attached hydrogens (tertiary/aromatic N) is 3. The van der Waals surface area contributed by atoms with Crippen LogP contribution in [0.1, 0.15) is 18.1 Å². The summed E-state index contributed by atoms with van der Waals surface area (Å²) in [7, 11) is 0. The molecule has 0 amide bonds. The lowest BCUT2D eigenvalue weighted by atomic mass is 9.98. The Bertz CT molecular complexity index is 2280. The van der Waals surface area contributed by atoms with Crippen LogP contribution in [0.2, 0.25) is 0 Å². The molecular formula is C39H31N3. The maximum absolute atomic E-state index is 5.42. The van der Waals surface area contributed by atoms with E-state index in [-0.39, 0.29) is 0 Å². The van der Waals surface area contributed by atoms with Gasteiger partial charge in [0, 0.05) is 39.3 Å². The summed E-state index contributed by atoms with van der Waals surface area (Å²) >= 11 is 0. The Kier molecular flexibility index (Phi) is 5.55. The smallest absolute Gasteiger partial charge is 0.145 e. The molecule has 0 saturated heterocycles. The van der Waals surface area contributed by atoms with Gasteiger partial charge in [-0.1, -0.05) is 78.9 Å². The molecule has 202 valence electrons. The number of fused-ring (bicyclic) bond motifs is 6. The van der Waals surface area contributed by atoms with Crippen LogP contribution in [0.25, 0.3) is 71.8 Å². The van der Waals surface area contributed by atoms with Crippen molar-refractivity contribution >= 4 is 43.6 Å². The number of aromatic nitrogens is 3. The molecule has 0 aliphatic heterocycles. The number of imidazole rings is 1. The largest absolute Gasteiger partial charge is 0.341 e. The average molecular weight is 542 g/mol. The van der Waals surface area contributed by atoms with E-state index in [1.807, 2.05) is 0 Å². The molecule has 42 heavy (non-hydrogen) atoms. The van der Waals surface area contributed by atoms with Crippen LogP contribution in [0.3, 0.4) is 0 Å². The van der Waals surface area contributed by atoms with Crippen molar-refractivity contribution in [2.45, 2.75) is 27.3 Å². The SMILES string of the molecule is CCn1c2ccccc2c2cc(-c3nc4c5ccccc5ccc4n3-c3c(C)cc(-c4ccccc4)cc3C)ccc21. The van der Waals surface area contributed by atoms with Crippen molar-refractivity contribution in [2.75, 3.05) is 0 Å². The minimum Gasteiger partial charge on any atom is -0.341 e. The van der Waals surface area contributed by atoms with Crippen molar-refractivity contribution in [3.8, 4) is 28.2 Å². The summed E-state index contributed by atoms with van der Waals surface area (Å²) in [5.41, 5.74) is 11.9. The predicted octanol–water partition coefficient (Wildman–Crippen LogP) is 10.3. The van der Waals surface area contributed by atoms with Gasteiger partial charge in [0.1, 0.15) is 5.82 Å². The molecule has 2 aromatic heterocycles. The fourth-order valence-electron chi connectivity index (χ4n) is 6.87. The minimum absolute atomic E-state index is 0.931. The summed E-state index contributed by atoms with van der Waals surface area (Å²) in [6.45, 7) is 7.60. The zero-order valence-corrected chi connectivity index (χ0v) is 24.1. The Morgan fingerprint density at radius 2 is 1.21 bits per heavy atom. The monoisotopic (exact) mass is 541 g/mol. The second-order valence-corrected chi connectivity index (χ2v) is 11.2. The van der Waals surface area contributed by atoms with Crippen LogP contribution in [0.4, 0.5) is 0 Å². The van der Waals surface area contributed by atoms with Crippen LogP contribution in [-0.4, -0.2) is 14.1 Å². The molecule has 0 fully saturated rings. The normalized spacial score (nSPS) is 11.8.